The lowest BCUT2D eigenvalue weighted by molar-refractivity contribution is 0.929. The van der Waals surface area contributed by atoms with Crippen LogP contribution < -0.4 is 5.56 Å². The normalized spacial score (nSPS) is 10.8. The van der Waals surface area contributed by atoms with Crippen molar-refractivity contribution < 1.29 is 0 Å². The quantitative estimate of drug-likeness (QED) is 0.590. The largest absolute Gasteiger partial charge is 0.271 e. The van der Waals surface area contributed by atoms with E-state index in [0.29, 0.717) is 44.5 Å². The van der Waals surface area contributed by atoms with Gasteiger partial charge in [-0.25, -0.2) is 14.5 Å². The summed E-state index contributed by atoms with van der Waals surface area (Å²) in [6.45, 7) is 1.74. The number of benzene rings is 1. The number of aryl methyl sites for hydroxylation is 1. The zero-order valence-corrected chi connectivity index (χ0v) is 14.3. The zero-order valence-electron chi connectivity index (χ0n) is 13.6. The lowest BCUT2D eigenvalue weighted by Gasteiger charge is -2.12. The van der Waals surface area contributed by atoms with Crippen molar-refractivity contribution in [1.82, 2.24) is 24.7 Å². The fourth-order valence-electron chi connectivity index (χ4n) is 2.72. The number of hydrogen-bond donors (Lipinski definition) is 1. The summed E-state index contributed by atoms with van der Waals surface area (Å²) in [6, 6.07) is 12.2. The molecule has 4 aromatic rings. The molecule has 0 aliphatic heterocycles. The molecule has 0 saturated heterocycles. The first-order valence-electron chi connectivity index (χ1n) is 7.68. The number of halogens is 1. The van der Waals surface area contributed by atoms with E-state index in [0.717, 1.165) is 0 Å². The molecule has 0 unspecified atom stereocenters. The molecular weight excluding hydrogens is 352 g/mol. The first-order valence-corrected chi connectivity index (χ1v) is 8.06. The van der Waals surface area contributed by atoms with Crippen molar-refractivity contribution in [2.75, 3.05) is 0 Å². The first kappa shape index (κ1) is 16.0. The molecule has 7 nitrogen and oxygen atoms in total. The monoisotopic (exact) mass is 362 g/mol. The van der Waals surface area contributed by atoms with E-state index in [1.807, 2.05) is 0 Å². The highest BCUT2D eigenvalue weighted by Gasteiger charge is 2.18. The molecule has 0 aliphatic carbocycles. The third kappa shape index (κ3) is 2.53. The van der Waals surface area contributed by atoms with Crippen LogP contribution in [0.2, 0.25) is 5.02 Å². The van der Waals surface area contributed by atoms with Crippen LogP contribution in [-0.2, 0) is 0 Å². The number of aromatic nitrogens is 5. The van der Waals surface area contributed by atoms with E-state index in [1.54, 1.807) is 43.3 Å². The Morgan fingerprint density at radius 3 is 2.62 bits per heavy atom. The number of rotatable bonds is 2. The van der Waals surface area contributed by atoms with E-state index in [4.69, 9.17) is 16.9 Å². The van der Waals surface area contributed by atoms with Crippen LogP contribution >= 0.6 is 11.6 Å². The van der Waals surface area contributed by atoms with Gasteiger partial charge in [-0.15, -0.1) is 0 Å². The number of pyridine rings is 1. The van der Waals surface area contributed by atoms with Gasteiger partial charge in [0, 0.05) is 11.8 Å². The number of hydrogen-bond acceptors (Lipinski definition) is 5. The van der Waals surface area contributed by atoms with E-state index in [2.05, 4.69) is 26.2 Å². The maximum absolute atomic E-state index is 13.2. The van der Waals surface area contributed by atoms with Gasteiger partial charge in [-0.3, -0.25) is 9.89 Å². The molecule has 3 aromatic heterocycles. The molecule has 0 fully saturated rings. The number of nitrogens with one attached hydrogen (secondary N) is 1. The Bertz CT molecular complexity index is 1220. The van der Waals surface area contributed by atoms with Crippen LogP contribution in [0.4, 0.5) is 0 Å². The van der Waals surface area contributed by atoms with E-state index < -0.39 is 0 Å². The van der Waals surface area contributed by atoms with Crippen molar-refractivity contribution in [2.24, 2.45) is 0 Å². The molecule has 0 bridgehead atoms. The molecule has 8 heteroatoms. The third-order valence-corrected chi connectivity index (χ3v) is 4.21. The minimum atomic E-state index is -0.282. The molecule has 0 amide bonds. The SMILES string of the molecule is Cc1n[nH]c2nc(-c3ccc(C#N)cc3)n(-c3ccc(Cl)cn3)c(=O)c12. The van der Waals surface area contributed by atoms with Crippen LogP contribution in [0.25, 0.3) is 28.2 Å². The highest BCUT2D eigenvalue weighted by atomic mass is 35.5. The second kappa shape index (κ2) is 6.10. The zero-order chi connectivity index (χ0) is 18.3. The summed E-state index contributed by atoms with van der Waals surface area (Å²) in [5, 5.41) is 16.7. The van der Waals surface area contributed by atoms with E-state index >= 15 is 0 Å². The number of H-pyrrole nitrogens is 1. The van der Waals surface area contributed by atoms with Crippen LogP contribution in [-0.4, -0.2) is 24.7 Å². The fraction of sp³-hybridized carbons (Fsp3) is 0.0556. The molecule has 0 atom stereocenters. The van der Waals surface area contributed by atoms with Gasteiger partial charge in [-0.05, 0) is 43.3 Å². The fourth-order valence-corrected chi connectivity index (χ4v) is 2.83. The highest BCUT2D eigenvalue weighted by molar-refractivity contribution is 6.30. The van der Waals surface area contributed by atoms with Gasteiger partial charge >= 0.3 is 0 Å². The van der Waals surface area contributed by atoms with Gasteiger partial charge in [0.15, 0.2) is 11.5 Å². The standard InChI is InChI=1S/C18H11ClN6O/c1-10-15-16(24-23-10)22-17(12-4-2-11(8-20)3-5-12)25(18(15)26)14-7-6-13(19)9-21-14/h2-7,9H,1H3,(H,23,24). The Hall–Kier alpha value is -3.50. The average Bonchev–Trinajstić information content (AvgIpc) is 3.04. The summed E-state index contributed by atoms with van der Waals surface area (Å²) >= 11 is 5.92. The number of nitrogens with zero attached hydrogens (tertiary/aromatic N) is 5. The summed E-state index contributed by atoms with van der Waals surface area (Å²) in [4.78, 5) is 22.0. The molecule has 4 rings (SSSR count). The van der Waals surface area contributed by atoms with Gasteiger partial charge < -0.3 is 0 Å². The minimum absolute atomic E-state index is 0.282. The van der Waals surface area contributed by atoms with Crippen LogP contribution in [0.5, 0.6) is 0 Å². The number of aromatic amines is 1. The van der Waals surface area contributed by atoms with Gasteiger partial charge in [0.25, 0.3) is 5.56 Å². The summed E-state index contributed by atoms with van der Waals surface area (Å²) < 4.78 is 1.42. The van der Waals surface area contributed by atoms with Gasteiger partial charge in [0.2, 0.25) is 0 Å². The molecule has 0 radical (unpaired) electrons. The molecule has 3 heterocycles. The molecular formula is C18H11ClN6O. The number of fused-ring (bicyclic) bond motifs is 1. The maximum atomic E-state index is 13.2. The summed E-state index contributed by atoms with van der Waals surface area (Å²) in [6.07, 6.45) is 1.47. The van der Waals surface area contributed by atoms with Crippen LogP contribution in [0.15, 0.2) is 47.4 Å². The summed E-state index contributed by atoms with van der Waals surface area (Å²) in [5.74, 6) is 0.791. The Morgan fingerprint density at radius 2 is 1.96 bits per heavy atom. The third-order valence-electron chi connectivity index (χ3n) is 3.99. The van der Waals surface area contributed by atoms with Crippen molar-refractivity contribution >= 4 is 22.6 Å². The van der Waals surface area contributed by atoms with Crippen molar-refractivity contribution in [1.29, 1.82) is 5.26 Å². The summed E-state index contributed by atoms with van der Waals surface area (Å²) in [7, 11) is 0. The topological polar surface area (TPSA) is 100 Å². The Balaban J connectivity index is 2.07. The van der Waals surface area contributed by atoms with E-state index in [1.165, 1.54) is 10.8 Å². The van der Waals surface area contributed by atoms with Gasteiger partial charge in [-0.2, -0.15) is 10.4 Å². The van der Waals surface area contributed by atoms with E-state index in [9.17, 15) is 4.79 Å². The van der Waals surface area contributed by atoms with Crippen LogP contribution in [0.1, 0.15) is 11.3 Å². The second-order valence-electron chi connectivity index (χ2n) is 5.63. The van der Waals surface area contributed by atoms with Crippen molar-refractivity contribution in [3.05, 3.63) is 69.2 Å². The predicted molar refractivity (Wildman–Crippen MR) is 97.2 cm³/mol. The Kier molecular flexibility index (Phi) is 3.75. The van der Waals surface area contributed by atoms with E-state index in [-0.39, 0.29) is 5.56 Å². The maximum Gasteiger partial charge on any atom is 0.271 e. The molecule has 0 saturated carbocycles. The van der Waals surface area contributed by atoms with Crippen LogP contribution in [0.3, 0.4) is 0 Å². The highest BCUT2D eigenvalue weighted by Crippen LogP contribution is 2.22. The van der Waals surface area contributed by atoms with Gasteiger partial charge in [-0.1, -0.05) is 11.6 Å². The minimum Gasteiger partial charge on any atom is -0.268 e. The van der Waals surface area contributed by atoms with Gasteiger partial charge in [0.1, 0.15) is 11.2 Å². The van der Waals surface area contributed by atoms with Crippen molar-refractivity contribution in [2.45, 2.75) is 6.92 Å². The second-order valence-corrected chi connectivity index (χ2v) is 6.07. The van der Waals surface area contributed by atoms with Gasteiger partial charge in [0.05, 0.1) is 22.3 Å². The first-order chi connectivity index (χ1) is 12.6. The Morgan fingerprint density at radius 1 is 1.19 bits per heavy atom. The lowest BCUT2D eigenvalue weighted by Crippen LogP contribution is -2.22. The van der Waals surface area contributed by atoms with Crippen molar-refractivity contribution in [3.63, 3.8) is 0 Å². The summed E-state index contributed by atoms with van der Waals surface area (Å²) in [5.41, 5.74) is 1.87. The predicted octanol–water partition coefficient (Wildman–Crippen LogP) is 3.00. The number of nitriles is 1. The molecule has 0 aliphatic rings. The smallest absolute Gasteiger partial charge is 0.268 e. The molecule has 1 aromatic carbocycles. The molecule has 126 valence electrons. The molecule has 26 heavy (non-hydrogen) atoms. The average molecular weight is 363 g/mol. The molecule has 1 N–H and O–H groups in total. The molecule has 0 spiro atoms. The lowest BCUT2D eigenvalue weighted by atomic mass is 10.1. The Labute approximate surface area is 152 Å². The van der Waals surface area contributed by atoms with Crippen LogP contribution in [0, 0.1) is 18.3 Å². The van der Waals surface area contributed by atoms with Crippen molar-refractivity contribution in [3.8, 4) is 23.3 Å².